The Labute approximate surface area is 76.5 Å². The molecule has 0 saturated carbocycles. The smallest absolute Gasteiger partial charge is 0.427 e. The average Bonchev–Trinajstić information content (AvgIpc) is 2.05. The first-order valence-electron chi connectivity index (χ1n) is 5.11. The van der Waals surface area contributed by atoms with Gasteiger partial charge in [-0.25, -0.2) is 0 Å². The average molecular weight is 172 g/mol. The predicted octanol–water partition coefficient (Wildman–Crippen LogP) is 2.47. The van der Waals surface area contributed by atoms with Crippen LogP contribution in [0.15, 0.2) is 0 Å². The highest BCUT2D eigenvalue weighted by Crippen LogP contribution is 2.06. The van der Waals surface area contributed by atoms with E-state index in [0.717, 1.165) is 12.7 Å². The highest BCUT2D eigenvalue weighted by molar-refractivity contribution is 6.42. The normalized spacial score (nSPS) is 10.2. The highest BCUT2D eigenvalue weighted by atomic mass is 16.5. The predicted molar refractivity (Wildman–Crippen MR) is 53.2 cm³/mol. The summed E-state index contributed by atoms with van der Waals surface area (Å²) in [6.07, 6.45) is 6.96. The zero-order valence-corrected chi connectivity index (χ0v) is 8.38. The molecule has 0 aliphatic carbocycles. The van der Waals surface area contributed by atoms with E-state index in [4.69, 9.17) is 4.65 Å². The summed E-state index contributed by atoms with van der Waals surface area (Å²) in [6, 6.07) is 0. The third kappa shape index (κ3) is 8.09. The van der Waals surface area contributed by atoms with Crippen LogP contribution in [-0.2, 0) is 4.65 Å². The SMILES string of the molecule is CCCCCCCB(O)OCC. The fourth-order valence-corrected chi connectivity index (χ4v) is 1.20. The van der Waals surface area contributed by atoms with Gasteiger partial charge in [-0.2, -0.15) is 0 Å². The second-order valence-electron chi connectivity index (χ2n) is 3.11. The molecular formula is C9H21BO2. The van der Waals surface area contributed by atoms with E-state index >= 15 is 0 Å². The Morgan fingerprint density at radius 2 is 1.75 bits per heavy atom. The van der Waals surface area contributed by atoms with Gasteiger partial charge in [-0.3, -0.25) is 0 Å². The molecule has 0 aromatic rings. The molecule has 0 bridgehead atoms. The van der Waals surface area contributed by atoms with E-state index in [0.29, 0.717) is 6.61 Å². The summed E-state index contributed by atoms with van der Waals surface area (Å²) < 4.78 is 5.00. The van der Waals surface area contributed by atoms with Crippen molar-refractivity contribution in [1.29, 1.82) is 0 Å². The van der Waals surface area contributed by atoms with Gasteiger partial charge in [-0.05, 0) is 13.2 Å². The molecule has 3 heteroatoms. The number of rotatable bonds is 8. The fourth-order valence-electron chi connectivity index (χ4n) is 1.20. The Hall–Kier alpha value is -0.0151. The van der Waals surface area contributed by atoms with Gasteiger partial charge in [0.25, 0.3) is 0 Å². The van der Waals surface area contributed by atoms with E-state index in [9.17, 15) is 5.02 Å². The number of hydrogen-bond donors (Lipinski definition) is 1. The van der Waals surface area contributed by atoms with Crippen LogP contribution >= 0.6 is 0 Å². The molecule has 0 aromatic heterocycles. The molecule has 0 aliphatic heterocycles. The first kappa shape index (κ1) is 12.0. The minimum absolute atomic E-state index is 0.531. The zero-order valence-electron chi connectivity index (χ0n) is 8.38. The zero-order chi connectivity index (χ0) is 9.23. The lowest BCUT2D eigenvalue weighted by atomic mass is 9.82. The Morgan fingerprint density at radius 3 is 2.33 bits per heavy atom. The van der Waals surface area contributed by atoms with Crippen LogP contribution in [0.4, 0.5) is 0 Å². The molecule has 0 saturated heterocycles. The lowest BCUT2D eigenvalue weighted by Gasteiger charge is -2.04. The van der Waals surface area contributed by atoms with Crippen LogP contribution in [0.1, 0.15) is 46.0 Å². The van der Waals surface area contributed by atoms with E-state index in [-0.39, 0.29) is 0 Å². The van der Waals surface area contributed by atoms with Crippen molar-refractivity contribution >= 4 is 7.12 Å². The molecule has 0 unspecified atom stereocenters. The Kier molecular flexibility index (Phi) is 9.06. The van der Waals surface area contributed by atoms with Gasteiger partial charge in [0.05, 0.1) is 0 Å². The van der Waals surface area contributed by atoms with Crippen LogP contribution in [0.2, 0.25) is 6.32 Å². The molecule has 0 heterocycles. The summed E-state index contributed by atoms with van der Waals surface area (Å²) in [5.41, 5.74) is 0. The summed E-state index contributed by atoms with van der Waals surface area (Å²) in [4.78, 5) is 0. The minimum Gasteiger partial charge on any atom is -0.427 e. The first-order valence-corrected chi connectivity index (χ1v) is 5.11. The van der Waals surface area contributed by atoms with Crippen molar-refractivity contribution in [3.05, 3.63) is 0 Å². The van der Waals surface area contributed by atoms with Crippen LogP contribution in [0.3, 0.4) is 0 Å². The summed E-state index contributed by atoms with van der Waals surface area (Å²) in [6.45, 7) is 4.71. The molecular weight excluding hydrogens is 151 g/mol. The van der Waals surface area contributed by atoms with E-state index in [1.165, 1.54) is 25.7 Å². The van der Waals surface area contributed by atoms with Crippen LogP contribution in [-0.4, -0.2) is 18.7 Å². The van der Waals surface area contributed by atoms with Gasteiger partial charge in [0.15, 0.2) is 0 Å². The third-order valence-electron chi connectivity index (χ3n) is 1.91. The third-order valence-corrected chi connectivity index (χ3v) is 1.91. The highest BCUT2D eigenvalue weighted by Gasteiger charge is 2.09. The lowest BCUT2D eigenvalue weighted by Crippen LogP contribution is -2.16. The Balaban J connectivity index is 2.97. The standard InChI is InChI=1S/C9H21BO2/c1-3-5-6-7-8-9-10(11)12-4-2/h11H,3-9H2,1-2H3. The maximum Gasteiger partial charge on any atom is 0.454 e. The molecule has 12 heavy (non-hydrogen) atoms. The van der Waals surface area contributed by atoms with E-state index < -0.39 is 7.12 Å². The van der Waals surface area contributed by atoms with Gasteiger partial charge in [0, 0.05) is 6.61 Å². The van der Waals surface area contributed by atoms with Gasteiger partial charge in [-0.15, -0.1) is 0 Å². The molecule has 0 radical (unpaired) electrons. The molecule has 0 aromatic carbocycles. The summed E-state index contributed by atoms with van der Waals surface area (Å²) >= 11 is 0. The fraction of sp³-hybridized carbons (Fsp3) is 1.00. The number of unbranched alkanes of at least 4 members (excludes halogenated alkanes) is 4. The molecule has 0 aliphatic rings. The monoisotopic (exact) mass is 172 g/mol. The topological polar surface area (TPSA) is 29.5 Å². The largest absolute Gasteiger partial charge is 0.454 e. The van der Waals surface area contributed by atoms with Crippen molar-refractivity contribution in [3.8, 4) is 0 Å². The van der Waals surface area contributed by atoms with Crippen molar-refractivity contribution in [2.24, 2.45) is 0 Å². The van der Waals surface area contributed by atoms with E-state index in [2.05, 4.69) is 6.92 Å². The van der Waals surface area contributed by atoms with Crippen molar-refractivity contribution in [2.45, 2.75) is 52.3 Å². The van der Waals surface area contributed by atoms with Crippen LogP contribution in [0.25, 0.3) is 0 Å². The number of hydrogen-bond acceptors (Lipinski definition) is 2. The van der Waals surface area contributed by atoms with E-state index in [1.54, 1.807) is 0 Å². The first-order chi connectivity index (χ1) is 5.81. The van der Waals surface area contributed by atoms with Crippen molar-refractivity contribution < 1.29 is 9.68 Å². The quantitative estimate of drug-likeness (QED) is 0.450. The Bertz CT molecular complexity index is 88.6. The van der Waals surface area contributed by atoms with Crippen molar-refractivity contribution in [1.82, 2.24) is 0 Å². The summed E-state index contributed by atoms with van der Waals surface area (Å²) in [5.74, 6) is 0. The van der Waals surface area contributed by atoms with Crippen molar-refractivity contribution in [2.75, 3.05) is 6.61 Å². The Morgan fingerprint density at radius 1 is 1.08 bits per heavy atom. The molecule has 0 amide bonds. The molecule has 2 nitrogen and oxygen atoms in total. The molecule has 0 atom stereocenters. The van der Waals surface area contributed by atoms with Crippen LogP contribution in [0.5, 0.6) is 0 Å². The van der Waals surface area contributed by atoms with Gasteiger partial charge < -0.3 is 9.68 Å². The summed E-state index contributed by atoms with van der Waals surface area (Å²) in [7, 11) is -0.531. The van der Waals surface area contributed by atoms with Gasteiger partial charge in [-0.1, -0.05) is 39.0 Å². The molecule has 72 valence electrons. The van der Waals surface area contributed by atoms with Gasteiger partial charge in [0.2, 0.25) is 0 Å². The second kappa shape index (κ2) is 9.08. The van der Waals surface area contributed by atoms with Crippen LogP contribution < -0.4 is 0 Å². The second-order valence-corrected chi connectivity index (χ2v) is 3.11. The van der Waals surface area contributed by atoms with Gasteiger partial charge >= 0.3 is 7.12 Å². The molecule has 0 spiro atoms. The molecule has 1 N–H and O–H groups in total. The maximum atomic E-state index is 9.18. The van der Waals surface area contributed by atoms with Crippen molar-refractivity contribution in [3.63, 3.8) is 0 Å². The lowest BCUT2D eigenvalue weighted by molar-refractivity contribution is 0.273. The van der Waals surface area contributed by atoms with Crippen LogP contribution in [0, 0.1) is 0 Å². The maximum absolute atomic E-state index is 9.18. The molecule has 0 fully saturated rings. The van der Waals surface area contributed by atoms with Gasteiger partial charge in [0.1, 0.15) is 0 Å². The van der Waals surface area contributed by atoms with E-state index in [1.807, 2.05) is 6.92 Å². The summed E-state index contributed by atoms with van der Waals surface area (Å²) in [5, 5.41) is 9.18. The molecule has 0 rings (SSSR count). The minimum atomic E-state index is -0.531.